The molecule has 1 rings (SSSR count). The summed E-state index contributed by atoms with van der Waals surface area (Å²) in [5.41, 5.74) is 5.87. The van der Waals surface area contributed by atoms with Crippen molar-refractivity contribution in [3.63, 3.8) is 0 Å². The van der Waals surface area contributed by atoms with Gasteiger partial charge in [-0.3, -0.25) is 4.79 Å². The van der Waals surface area contributed by atoms with Crippen molar-refractivity contribution in [1.82, 2.24) is 0 Å². The minimum atomic E-state index is -1.03. The number of carboxylic acid groups (broad SMARTS) is 1. The molecule has 0 heterocycles. The molecule has 7 heteroatoms. The highest BCUT2D eigenvalue weighted by Crippen LogP contribution is 2.27. The van der Waals surface area contributed by atoms with Gasteiger partial charge in [-0.1, -0.05) is 0 Å². The van der Waals surface area contributed by atoms with Gasteiger partial charge in [0.15, 0.2) is 5.78 Å². The quantitative estimate of drug-likeness (QED) is 0.443. The third kappa shape index (κ3) is 2.85. The summed E-state index contributed by atoms with van der Waals surface area (Å²) in [7, 11) is 0. The smallest absolute Gasteiger partial charge is 0.337 e. The maximum atomic E-state index is 11.6. The van der Waals surface area contributed by atoms with E-state index in [2.05, 4.69) is 0 Å². The van der Waals surface area contributed by atoms with E-state index < -0.39 is 5.97 Å². The standard InChI is InChI=1S/C9H6I3NO3/c10-3-1-4(11)7(9(15)16)8(12)6(3)5(14)2-13/h1H,2,13H2,(H,15,16). The summed E-state index contributed by atoms with van der Waals surface area (Å²) in [6, 6.07) is 1.68. The van der Waals surface area contributed by atoms with Crippen LogP contribution in [0.2, 0.25) is 0 Å². The average molecular weight is 557 g/mol. The van der Waals surface area contributed by atoms with Crippen LogP contribution in [0.4, 0.5) is 0 Å². The number of nitrogens with two attached hydrogens (primary N) is 1. The number of carbonyl (C=O) groups excluding carboxylic acids is 1. The molecule has 0 bridgehead atoms. The fraction of sp³-hybridized carbons (Fsp3) is 0.111. The lowest BCUT2D eigenvalue weighted by Gasteiger charge is -2.10. The third-order valence-electron chi connectivity index (χ3n) is 1.85. The maximum absolute atomic E-state index is 11.6. The van der Waals surface area contributed by atoms with Crippen LogP contribution < -0.4 is 5.73 Å². The number of carboxylic acids is 1. The van der Waals surface area contributed by atoms with Crippen LogP contribution in [0.25, 0.3) is 0 Å². The van der Waals surface area contributed by atoms with E-state index >= 15 is 0 Å². The van der Waals surface area contributed by atoms with Gasteiger partial charge in [0.05, 0.1) is 12.1 Å². The molecule has 16 heavy (non-hydrogen) atoms. The van der Waals surface area contributed by atoms with E-state index in [1.807, 2.05) is 67.8 Å². The highest BCUT2D eigenvalue weighted by molar-refractivity contribution is 14.1. The Morgan fingerprint density at radius 3 is 2.12 bits per heavy atom. The van der Waals surface area contributed by atoms with E-state index in [0.717, 1.165) is 3.57 Å². The van der Waals surface area contributed by atoms with Gasteiger partial charge in [-0.05, 0) is 73.8 Å². The summed E-state index contributed by atoms with van der Waals surface area (Å²) in [4.78, 5) is 22.7. The van der Waals surface area contributed by atoms with Crippen molar-refractivity contribution in [2.45, 2.75) is 0 Å². The molecule has 86 valence electrons. The van der Waals surface area contributed by atoms with Crippen molar-refractivity contribution in [3.8, 4) is 0 Å². The maximum Gasteiger partial charge on any atom is 0.337 e. The van der Waals surface area contributed by atoms with Crippen LogP contribution >= 0.6 is 67.8 Å². The first-order chi connectivity index (χ1) is 7.40. The molecule has 1 aromatic rings. The second kappa shape index (κ2) is 5.91. The molecule has 1 aromatic carbocycles. The predicted molar refractivity (Wildman–Crippen MR) is 84.9 cm³/mol. The molecule has 0 saturated heterocycles. The minimum absolute atomic E-state index is 0.119. The second-order valence-electron chi connectivity index (χ2n) is 2.84. The highest BCUT2D eigenvalue weighted by Gasteiger charge is 2.22. The zero-order chi connectivity index (χ0) is 12.5. The summed E-state index contributed by atoms with van der Waals surface area (Å²) in [5, 5.41) is 9.06. The zero-order valence-corrected chi connectivity index (χ0v) is 14.2. The number of hydrogen-bond acceptors (Lipinski definition) is 3. The van der Waals surface area contributed by atoms with Gasteiger partial charge >= 0.3 is 5.97 Å². The van der Waals surface area contributed by atoms with E-state index in [1.165, 1.54) is 0 Å². The Bertz CT molecular complexity index is 474. The fourth-order valence-electron chi connectivity index (χ4n) is 1.14. The van der Waals surface area contributed by atoms with Gasteiger partial charge in [-0.2, -0.15) is 0 Å². The molecule has 0 unspecified atom stereocenters. The molecular weight excluding hydrogens is 551 g/mol. The molecule has 0 aliphatic heterocycles. The second-order valence-corrected chi connectivity index (χ2v) is 6.24. The Morgan fingerprint density at radius 1 is 1.19 bits per heavy atom. The van der Waals surface area contributed by atoms with Crippen LogP contribution in [0, 0.1) is 10.7 Å². The van der Waals surface area contributed by atoms with Crippen LogP contribution in [0.15, 0.2) is 6.07 Å². The first-order valence-corrected chi connectivity index (χ1v) is 7.27. The Kier molecular flexibility index (Phi) is 5.38. The van der Waals surface area contributed by atoms with Crippen molar-refractivity contribution in [3.05, 3.63) is 27.9 Å². The monoisotopic (exact) mass is 557 g/mol. The Hall–Kier alpha value is 0.510. The number of ketones is 1. The first-order valence-electron chi connectivity index (χ1n) is 4.04. The Balaban J connectivity index is 3.57. The number of benzene rings is 1. The number of hydrogen-bond donors (Lipinski definition) is 2. The molecule has 0 spiro atoms. The van der Waals surface area contributed by atoms with Gasteiger partial charge in [-0.25, -0.2) is 4.79 Å². The summed E-state index contributed by atoms with van der Waals surface area (Å²) >= 11 is 5.84. The molecule has 0 amide bonds. The predicted octanol–water partition coefficient (Wildman–Crippen LogP) is 2.34. The van der Waals surface area contributed by atoms with Gasteiger partial charge in [0.2, 0.25) is 0 Å². The number of Topliss-reactive ketones (excluding diaryl/α,β-unsaturated/α-hetero) is 1. The third-order valence-corrected chi connectivity index (χ3v) is 4.63. The average Bonchev–Trinajstić information content (AvgIpc) is 2.15. The summed E-state index contributed by atoms with van der Waals surface area (Å²) in [6.07, 6.45) is 0. The topological polar surface area (TPSA) is 80.4 Å². The molecule has 4 nitrogen and oxygen atoms in total. The van der Waals surface area contributed by atoms with Gasteiger partial charge in [0.1, 0.15) is 0 Å². The van der Waals surface area contributed by atoms with Crippen LogP contribution in [-0.2, 0) is 0 Å². The lowest BCUT2D eigenvalue weighted by atomic mass is 10.1. The van der Waals surface area contributed by atoms with Crippen LogP contribution in [0.3, 0.4) is 0 Å². The van der Waals surface area contributed by atoms with E-state index in [1.54, 1.807) is 6.07 Å². The fourth-order valence-corrected chi connectivity index (χ4v) is 5.58. The molecule has 3 N–H and O–H groups in total. The van der Waals surface area contributed by atoms with Crippen molar-refractivity contribution in [2.24, 2.45) is 5.73 Å². The lowest BCUT2D eigenvalue weighted by molar-refractivity contribution is 0.0694. The van der Waals surface area contributed by atoms with Gasteiger partial charge in [0.25, 0.3) is 0 Å². The molecule has 0 aliphatic carbocycles. The Labute approximate surface area is 133 Å². The van der Waals surface area contributed by atoms with Crippen molar-refractivity contribution in [1.29, 1.82) is 0 Å². The number of aromatic carboxylic acids is 1. The number of halogens is 3. The first kappa shape index (κ1) is 14.6. The molecule has 0 saturated carbocycles. The van der Waals surface area contributed by atoms with E-state index in [0.29, 0.717) is 12.7 Å². The zero-order valence-electron chi connectivity index (χ0n) is 7.76. The van der Waals surface area contributed by atoms with Gasteiger partial charge < -0.3 is 10.8 Å². The van der Waals surface area contributed by atoms with E-state index in [9.17, 15) is 9.59 Å². The highest BCUT2D eigenvalue weighted by atomic mass is 127. The van der Waals surface area contributed by atoms with Crippen LogP contribution in [0.1, 0.15) is 20.7 Å². The molecule has 0 radical (unpaired) electrons. The minimum Gasteiger partial charge on any atom is -0.478 e. The van der Waals surface area contributed by atoms with E-state index in [4.69, 9.17) is 10.8 Å². The molecule has 0 aromatic heterocycles. The number of carbonyl (C=O) groups is 2. The number of rotatable bonds is 3. The molecule has 0 aliphatic rings. The molecule has 0 fully saturated rings. The summed E-state index contributed by atoms with van der Waals surface area (Å²) < 4.78 is 1.80. The van der Waals surface area contributed by atoms with Crippen molar-refractivity contribution in [2.75, 3.05) is 6.54 Å². The Morgan fingerprint density at radius 2 is 1.69 bits per heavy atom. The van der Waals surface area contributed by atoms with Crippen molar-refractivity contribution >= 4 is 79.5 Å². The van der Waals surface area contributed by atoms with Crippen molar-refractivity contribution < 1.29 is 14.7 Å². The van der Waals surface area contributed by atoms with Crippen LogP contribution in [0.5, 0.6) is 0 Å². The largest absolute Gasteiger partial charge is 0.478 e. The summed E-state index contributed by atoms with van der Waals surface area (Å²) in [5.74, 6) is -1.27. The normalized spacial score (nSPS) is 10.2. The summed E-state index contributed by atoms with van der Waals surface area (Å²) in [6.45, 7) is -0.119. The SMILES string of the molecule is NCC(=O)c1c(I)cc(I)c(C(=O)O)c1I. The van der Waals surface area contributed by atoms with Gasteiger partial charge in [-0.15, -0.1) is 0 Å². The lowest BCUT2D eigenvalue weighted by Crippen LogP contribution is -2.19. The van der Waals surface area contributed by atoms with Crippen LogP contribution in [-0.4, -0.2) is 23.4 Å². The van der Waals surface area contributed by atoms with E-state index in [-0.39, 0.29) is 17.9 Å². The molecular formula is C9H6I3NO3. The van der Waals surface area contributed by atoms with Gasteiger partial charge in [0, 0.05) is 16.3 Å². The molecule has 0 atom stereocenters.